The van der Waals surface area contributed by atoms with Gasteiger partial charge in [-0.3, -0.25) is 0 Å². The summed E-state index contributed by atoms with van der Waals surface area (Å²) in [6, 6.07) is 4.62. The van der Waals surface area contributed by atoms with Crippen LogP contribution in [-0.2, 0) is 14.3 Å². The molecular weight excluding hydrogens is 288 g/mol. The maximum absolute atomic E-state index is 12.1. The fraction of sp³-hybridized carbons (Fsp3) is 0.375. The average Bonchev–Trinajstić information content (AvgIpc) is 2.56. The lowest BCUT2D eigenvalue weighted by molar-refractivity contribution is -0.151. The number of rotatable bonds is 8. The first kappa shape index (κ1) is 17.6. The highest BCUT2D eigenvalue weighted by atomic mass is 16.6. The third kappa shape index (κ3) is 4.51. The van der Waals surface area contributed by atoms with Gasteiger partial charge in [0.25, 0.3) is 0 Å². The highest BCUT2D eigenvalue weighted by molar-refractivity contribution is 5.92. The van der Waals surface area contributed by atoms with Crippen molar-refractivity contribution in [1.29, 1.82) is 0 Å². The molecule has 120 valence electrons. The summed E-state index contributed by atoms with van der Waals surface area (Å²) in [6.45, 7) is 5.60. The summed E-state index contributed by atoms with van der Waals surface area (Å²) in [6.07, 6.45) is 1.00. The second-order valence-electron chi connectivity index (χ2n) is 4.29. The van der Waals surface area contributed by atoms with E-state index >= 15 is 0 Å². The molecular formula is C16H20O6. The van der Waals surface area contributed by atoms with Crippen molar-refractivity contribution >= 4 is 11.9 Å². The minimum atomic E-state index is -0.930. The van der Waals surface area contributed by atoms with Crippen molar-refractivity contribution in [1.82, 2.24) is 0 Å². The summed E-state index contributed by atoms with van der Waals surface area (Å²) in [5.74, 6) is -0.346. The van der Waals surface area contributed by atoms with Crippen LogP contribution in [0.5, 0.6) is 11.5 Å². The highest BCUT2D eigenvalue weighted by Gasteiger charge is 2.23. The van der Waals surface area contributed by atoms with Crippen molar-refractivity contribution in [2.45, 2.75) is 19.4 Å². The predicted molar refractivity (Wildman–Crippen MR) is 80.2 cm³/mol. The molecule has 0 bridgehead atoms. The molecule has 6 nitrogen and oxygen atoms in total. The normalized spacial score (nSPS) is 11.2. The van der Waals surface area contributed by atoms with Crippen LogP contribution >= 0.6 is 0 Å². The Balaban J connectivity index is 2.89. The molecule has 0 saturated carbocycles. The maximum atomic E-state index is 12.1. The molecule has 1 aromatic carbocycles. The Kier molecular flexibility index (Phi) is 6.95. The Labute approximate surface area is 129 Å². The minimum absolute atomic E-state index is 0.255. The molecule has 0 saturated heterocycles. The van der Waals surface area contributed by atoms with E-state index in [9.17, 15) is 9.59 Å². The van der Waals surface area contributed by atoms with E-state index in [1.165, 1.54) is 26.4 Å². The Bertz CT molecular complexity index is 537. The summed E-state index contributed by atoms with van der Waals surface area (Å²) in [4.78, 5) is 23.5. The third-order valence-electron chi connectivity index (χ3n) is 2.84. The molecule has 1 atom stereocenters. The summed E-state index contributed by atoms with van der Waals surface area (Å²) < 4.78 is 20.3. The number of carbonyl (C=O) groups is 2. The number of hydrogen-bond donors (Lipinski definition) is 0. The van der Waals surface area contributed by atoms with Gasteiger partial charge >= 0.3 is 11.9 Å². The van der Waals surface area contributed by atoms with Gasteiger partial charge in [0, 0.05) is 0 Å². The van der Waals surface area contributed by atoms with E-state index in [-0.39, 0.29) is 5.56 Å². The van der Waals surface area contributed by atoms with E-state index in [0.29, 0.717) is 24.5 Å². The molecule has 0 aliphatic carbocycles. The first-order valence-corrected chi connectivity index (χ1v) is 6.77. The molecule has 0 aliphatic heterocycles. The molecule has 0 radical (unpaired) electrons. The SMILES string of the molecule is C=CCOc1ccc(C(=O)O[C@@H](CC)C(=O)OC)cc1OC. The zero-order valence-corrected chi connectivity index (χ0v) is 13.0. The molecule has 22 heavy (non-hydrogen) atoms. The number of hydrogen-bond acceptors (Lipinski definition) is 6. The van der Waals surface area contributed by atoms with Crippen LogP contribution in [-0.4, -0.2) is 38.9 Å². The quantitative estimate of drug-likeness (QED) is 0.542. The zero-order chi connectivity index (χ0) is 16.5. The minimum Gasteiger partial charge on any atom is -0.493 e. The molecule has 0 N–H and O–H groups in total. The van der Waals surface area contributed by atoms with Crippen molar-refractivity contribution in [3.05, 3.63) is 36.4 Å². The van der Waals surface area contributed by atoms with Gasteiger partial charge in [-0.2, -0.15) is 0 Å². The lowest BCUT2D eigenvalue weighted by Gasteiger charge is -2.15. The predicted octanol–water partition coefficient (Wildman–Crippen LogP) is 2.37. The van der Waals surface area contributed by atoms with Crippen molar-refractivity contribution in [3.8, 4) is 11.5 Å². The first-order valence-electron chi connectivity index (χ1n) is 6.77. The van der Waals surface area contributed by atoms with Crippen LogP contribution in [0.4, 0.5) is 0 Å². The van der Waals surface area contributed by atoms with Crippen LogP contribution in [0, 0.1) is 0 Å². The van der Waals surface area contributed by atoms with Crippen LogP contribution < -0.4 is 9.47 Å². The number of benzene rings is 1. The van der Waals surface area contributed by atoms with E-state index in [1.807, 2.05) is 0 Å². The number of carbonyl (C=O) groups excluding carboxylic acids is 2. The number of esters is 2. The molecule has 0 fully saturated rings. The van der Waals surface area contributed by atoms with Crippen molar-refractivity contribution in [2.24, 2.45) is 0 Å². The molecule has 0 amide bonds. The van der Waals surface area contributed by atoms with Gasteiger partial charge in [0.15, 0.2) is 17.6 Å². The topological polar surface area (TPSA) is 71.1 Å². The molecule has 1 rings (SSSR count). The van der Waals surface area contributed by atoms with Crippen LogP contribution in [0.3, 0.4) is 0 Å². The van der Waals surface area contributed by atoms with Gasteiger partial charge in [-0.1, -0.05) is 19.6 Å². The van der Waals surface area contributed by atoms with E-state index in [1.54, 1.807) is 19.1 Å². The standard InChI is InChI=1S/C16H20O6/c1-5-9-21-13-8-7-11(10-14(13)19-3)15(17)22-12(6-2)16(18)20-4/h5,7-8,10,12H,1,6,9H2,2-4H3/t12-/m0/s1. The van der Waals surface area contributed by atoms with Gasteiger partial charge in [0.1, 0.15) is 6.61 Å². The van der Waals surface area contributed by atoms with Gasteiger partial charge in [0.05, 0.1) is 19.8 Å². The average molecular weight is 308 g/mol. The summed E-state index contributed by atoms with van der Waals surface area (Å²) in [5.41, 5.74) is 0.255. The monoisotopic (exact) mass is 308 g/mol. The smallest absolute Gasteiger partial charge is 0.347 e. The second-order valence-corrected chi connectivity index (χ2v) is 4.29. The molecule has 0 aliphatic rings. The molecule has 0 heterocycles. The molecule has 0 spiro atoms. The van der Waals surface area contributed by atoms with Crippen molar-refractivity contribution < 1.29 is 28.5 Å². The van der Waals surface area contributed by atoms with Gasteiger partial charge in [0.2, 0.25) is 0 Å². The summed E-state index contributed by atoms with van der Waals surface area (Å²) >= 11 is 0. The van der Waals surface area contributed by atoms with Crippen LogP contribution in [0.2, 0.25) is 0 Å². The van der Waals surface area contributed by atoms with E-state index in [4.69, 9.17) is 14.2 Å². The Hall–Kier alpha value is -2.50. The third-order valence-corrected chi connectivity index (χ3v) is 2.84. The summed E-state index contributed by atoms with van der Waals surface area (Å²) in [5, 5.41) is 0. The van der Waals surface area contributed by atoms with Gasteiger partial charge in [-0.05, 0) is 24.6 Å². The lowest BCUT2D eigenvalue weighted by atomic mass is 10.2. The van der Waals surface area contributed by atoms with Crippen LogP contribution in [0.25, 0.3) is 0 Å². The molecule has 6 heteroatoms. The van der Waals surface area contributed by atoms with Crippen LogP contribution in [0.1, 0.15) is 23.7 Å². The Morgan fingerprint density at radius 1 is 1.27 bits per heavy atom. The Morgan fingerprint density at radius 2 is 2.00 bits per heavy atom. The van der Waals surface area contributed by atoms with Crippen molar-refractivity contribution in [2.75, 3.05) is 20.8 Å². The maximum Gasteiger partial charge on any atom is 0.347 e. The van der Waals surface area contributed by atoms with Crippen molar-refractivity contribution in [3.63, 3.8) is 0 Å². The van der Waals surface area contributed by atoms with Gasteiger partial charge in [-0.25, -0.2) is 9.59 Å². The molecule has 0 unspecified atom stereocenters. The Morgan fingerprint density at radius 3 is 2.55 bits per heavy atom. The lowest BCUT2D eigenvalue weighted by Crippen LogP contribution is -2.27. The molecule has 1 aromatic rings. The first-order chi connectivity index (χ1) is 10.6. The zero-order valence-electron chi connectivity index (χ0n) is 13.0. The summed E-state index contributed by atoms with van der Waals surface area (Å²) in [7, 11) is 2.71. The van der Waals surface area contributed by atoms with E-state index in [0.717, 1.165) is 0 Å². The van der Waals surface area contributed by atoms with E-state index in [2.05, 4.69) is 11.3 Å². The van der Waals surface area contributed by atoms with Gasteiger partial charge in [-0.15, -0.1) is 0 Å². The second kappa shape index (κ2) is 8.71. The van der Waals surface area contributed by atoms with Gasteiger partial charge < -0.3 is 18.9 Å². The highest BCUT2D eigenvalue weighted by Crippen LogP contribution is 2.28. The fourth-order valence-corrected chi connectivity index (χ4v) is 1.69. The molecule has 0 aromatic heterocycles. The van der Waals surface area contributed by atoms with E-state index < -0.39 is 18.0 Å². The largest absolute Gasteiger partial charge is 0.493 e. The number of methoxy groups -OCH3 is 2. The fourth-order valence-electron chi connectivity index (χ4n) is 1.69. The van der Waals surface area contributed by atoms with Crippen LogP contribution in [0.15, 0.2) is 30.9 Å². The number of ether oxygens (including phenoxy) is 4.